The Morgan fingerprint density at radius 1 is 1.27 bits per heavy atom. The number of benzene rings is 1. The van der Waals surface area contributed by atoms with E-state index in [4.69, 9.17) is 4.99 Å². The van der Waals surface area contributed by atoms with Crippen LogP contribution in [-0.4, -0.2) is 57.2 Å². The molecular weight excluding hydrogens is 512 g/mol. The average molecular weight is 546 g/mol. The van der Waals surface area contributed by atoms with Crippen LogP contribution in [0.15, 0.2) is 46.8 Å². The van der Waals surface area contributed by atoms with E-state index in [0.717, 1.165) is 44.0 Å². The second-order valence-corrected chi connectivity index (χ2v) is 8.54. The highest BCUT2D eigenvalue weighted by Gasteiger charge is 2.21. The lowest BCUT2D eigenvalue weighted by Gasteiger charge is -2.33. The lowest BCUT2D eigenvalue weighted by Crippen LogP contribution is -2.48. The van der Waals surface area contributed by atoms with Crippen LogP contribution in [0.5, 0.6) is 0 Å². The zero-order valence-electron chi connectivity index (χ0n) is 18.0. The highest BCUT2D eigenvalue weighted by atomic mass is 127. The van der Waals surface area contributed by atoms with E-state index in [-0.39, 0.29) is 35.8 Å². The summed E-state index contributed by atoms with van der Waals surface area (Å²) in [5.41, 5.74) is 0.943. The maximum Gasteiger partial charge on any atom is 0.191 e. The molecule has 1 atom stereocenters. The number of nitrogens with one attached hydrogen (secondary N) is 2. The van der Waals surface area contributed by atoms with Gasteiger partial charge in [0, 0.05) is 25.7 Å². The Morgan fingerprint density at radius 2 is 2.03 bits per heavy atom. The lowest BCUT2D eigenvalue weighted by molar-refractivity contribution is 0.305. The van der Waals surface area contributed by atoms with Crippen LogP contribution in [0.3, 0.4) is 0 Å². The summed E-state index contributed by atoms with van der Waals surface area (Å²) in [6.45, 7) is 5.57. The van der Waals surface area contributed by atoms with Crippen molar-refractivity contribution in [2.45, 2.75) is 31.8 Å². The van der Waals surface area contributed by atoms with Gasteiger partial charge >= 0.3 is 0 Å². The molecule has 2 aromatic rings. The molecule has 5 nitrogen and oxygen atoms in total. The van der Waals surface area contributed by atoms with Crippen molar-refractivity contribution in [3.8, 4) is 0 Å². The van der Waals surface area contributed by atoms with Gasteiger partial charge in [0.05, 0.1) is 17.6 Å². The van der Waals surface area contributed by atoms with Crippen LogP contribution >= 0.6 is 35.3 Å². The average Bonchev–Trinajstić information content (AvgIpc) is 3.23. The summed E-state index contributed by atoms with van der Waals surface area (Å²) in [7, 11) is 4.01. The molecule has 1 fully saturated rings. The summed E-state index contributed by atoms with van der Waals surface area (Å²) in [5, 5.41) is 10.5. The maximum atomic E-state index is 13.7. The molecule has 0 radical (unpaired) electrons. The summed E-state index contributed by atoms with van der Waals surface area (Å²) in [6.07, 6.45) is 2.17. The van der Waals surface area contributed by atoms with Crippen LogP contribution in [0.4, 0.5) is 9.39 Å². The van der Waals surface area contributed by atoms with Gasteiger partial charge in [-0.05, 0) is 69.1 Å². The quantitative estimate of drug-likeness (QED) is 0.309. The van der Waals surface area contributed by atoms with Gasteiger partial charge in [0.1, 0.15) is 5.82 Å². The van der Waals surface area contributed by atoms with Crippen molar-refractivity contribution in [2.75, 3.05) is 45.2 Å². The van der Waals surface area contributed by atoms with Crippen LogP contribution in [0, 0.1) is 5.82 Å². The number of rotatable bonds is 7. The van der Waals surface area contributed by atoms with E-state index in [1.165, 1.54) is 11.1 Å². The molecule has 1 aromatic carbocycles. The van der Waals surface area contributed by atoms with Crippen LogP contribution < -0.4 is 15.5 Å². The fourth-order valence-corrected chi connectivity index (χ4v) is 4.45. The van der Waals surface area contributed by atoms with Gasteiger partial charge in [-0.15, -0.1) is 35.3 Å². The molecule has 166 valence electrons. The molecule has 30 heavy (non-hydrogen) atoms. The number of aliphatic imine (C=N–C) groups is 1. The molecule has 0 aliphatic carbocycles. The molecule has 2 N–H and O–H groups in total. The van der Waals surface area contributed by atoms with Gasteiger partial charge in [0.25, 0.3) is 0 Å². The second-order valence-electron chi connectivity index (χ2n) is 7.61. The van der Waals surface area contributed by atoms with Gasteiger partial charge in [-0.2, -0.15) is 0 Å². The van der Waals surface area contributed by atoms with Crippen molar-refractivity contribution in [1.29, 1.82) is 0 Å². The third kappa shape index (κ3) is 7.09. The number of thiophene rings is 1. The van der Waals surface area contributed by atoms with Gasteiger partial charge in [0.15, 0.2) is 5.96 Å². The van der Waals surface area contributed by atoms with Crippen LogP contribution in [0.25, 0.3) is 0 Å². The van der Waals surface area contributed by atoms with Gasteiger partial charge in [-0.25, -0.2) is 4.39 Å². The minimum atomic E-state index is -0.208. The van der Waals surface area contributed by atoms with E-state index in [2.05, 4.69) is 44.9 Å². The van der Waals surface area contributed by atoms with Crippen molar-refractivity contribution >= 4 is 46.3 Å². The molecule has 0 amide bonds. The Hall–Kier alpha value is -1.39. The molecule has 3 rings (SSSR count). The Labute approximate surface area is 200 Å². The number of anilines is 1. The van der Waals surface area contributed by atoms with Crippen LogP contribution in [0.2, 0.25) is 0 Å². The van der Waals surface area contributed by atoms with Crippen molar-refractivity contribution in [2.24, 2.45) is 4.99 Å². The molecule has 1 aromatic heterocycles. The van der Waals surface area contributed by atoms with E-state index in [0.29, 0.717) is 12.6 Å². The number of piperidine rings is 1. The summed E-state index contributed by atoms with van der Waals surface area (Å²) in [5.74, 6) is 0.631. The van der Waals surface area contributed by atoms with E-state index in [1.54, 1.807) is 23.5 Å². The Balaban J connectivity index is 0.00000320. The lowest BCUT2D eigenvalue weighted by atomic mass is 10.1. The molecule has 1 saturated heterocycles. The van der Waals surface area contributed by atoms with Gasteiger partial charge in [0.2, 0.25) is 0 Å². The molecule has 0 saturated carbocycles. The zero-order chi connectivity index (χ0) is 20.6. The van der Waals surface area contributed by atoms with E-state index in [1.807, 2.05) is 20.2 Å². The summed E-state index contributed by atoms with van der Waals surface area (Å²) in [6, 6.07) is 11.5. The minimum Gasteiger partial charge on any atom is -0.363 e. The number of nitrogens with zero attached hydrogens (tertiary/aromatic N) is 3. The van der Waals surface area contributed by atoms with Gasteiger partial charge in [-0.3, -0.25) is 4.99 Å². The van der Waals surface area contributed by atoms with Gasteiger partial charge in [-0.1, -0.05) is 12.1 Å². The first-order valence-electron chi connectivity index (χ1n) is 10.3. The van der Waals surface area contributed by atoms with E-state index >= 15 is 0 Å². The molecule has 1 aliphatic rings. The molecular formula is C22H33FIN5S. The van der Waals surface area contributed by atoms with Crippen LogP contribution in [0.1, 0.15) is 31.4 Å². The molecule has 0 spiro atoms. The predicted octanol–water partition coefficient (Wildman–Crippen LogP) is 4.33. The van der Waals surface area contributed by atoms with Gasteiger partial charge < -0.3 is 20.4 Å². The van der Waals surface area contributed by atoms with Crippen LogP contribution in [-0.2, 0) is 0 Å². The van der Waals surface area contributed by atoms with E-state index in [9.17, 15) is 4.39 Å². The number of hydrogen-bond acceptors (Lipinski definition) is 4. The van der Waals surface area contributed by atoms with Crippen molar-refractivity contribution in [3.05, 3.63) is 53.2 Å². The largest absolute Gasteiger partial charge is 0.363 e. The maximum absolute atomic E-state index is 13.7. The highest BCUT2D eigenvalue weighted by molar-refractivity contribution is 14.0. The highest BCUT2D eigenvalue weighted by Crippen LogP contribution is 2.25. The summed E-state index contributed by atoms with van der Waals surface area (Å²) in [4.78, 5) is 9.36. The fraction of sp³-hybridized carbons (Fsp3) is 0.500. The first-order chi connectivity index (χ1) is 14.1. The molecule has 0 bridgehead atoms. The molecule has 2 heterocycles. The topological polar surface area (TPSA) is 42.9 Å². The second kappa shape index (κ2) is 12.5. The number of guanidine groups is 1. The smallest absolute Gasteiger partial charge is 0.191 e. The Bertz CT molecular complexity index is 776. The third-order valence-corrected chi connectivity index (χ3v) is 6.21. The molecule has 1 aliphatic heterocycles. The first-order valence-corrected chi connectivity index (χ1v) is 11.2. The fourth-order valence-electron chi connectivity index (χ4n) is 3.67. The van der Waals surface area contributed by atoms with E-state index < -0.39 is 0 Å². The SMILES string of the molecule is CCNC(=NCC(c1cccc(F)c1)N(C)C)NC1CCN(c2cccs2)CC1.I. The number of halogens is 2. The normalized spacial score (nSPS) is 16.3. The minimum absolute atomic E-state index is 0. The zero-order valence-corrected chi connectivity index (χ0v) is 21.1. The Kier molecular flexibility index (Phi) is 10.3. The number of likely N-dealkylation sites (N-methyl/N-ethyl adjacent to an activating group) is 1. The molecule has 1 unspecified atom stereocenters. The standard InChI is InChI=1S/C22H32FN5S.HI/c1-4-24-22(25-16-20(27(2)3)17-7-5-8-18(23)15-17)26-19-10-12-28(13-11-19)21-9-6-14-29-21;/h5-9,14-15,19-20H,4,10-13,16H2,1-3H3,(H2,24,25,26);1H. The van der Waals surface area contributed by atoms with Crippen molar-refractivity contribution in [1.82, 2.24) is 15.5 Å². The predicted molar refractivity (Wildman–Crippen MR) is 137 cm³/mol. The third-order valence-electron chi connectivity index (χ3n) is 5.28. The van der Waals surface area contributed by atoms with Crippen molar-refractivity contribution in [3.63, 3.8) is 0 Å². The molecule has 8 heteroatoms. The first kappa shape index (κ1) is 24.9. The summed E-state index contributed by atoms with van der Waals surface area (Å²) >= 11 is 1.80. The van der Waals surface area contributed by atoms with Crippen molar-refractivity contribution < 1.29 is 4.39 Å². The monoisotopic (exact) mass is 545 g/mol. The Morgan fingerprint density at radius 3 is 2.63 bits per heavy atom. The number of hydrogen-bond donors (Lipinski definition) is 2. The summed E-state index contributed by atoms with van der Waals surface area (Å²) < 4.78 is 13.7.